The Bertz CT molecular complexity index is 2040. The quantitative estimate of drug-likeness (QED) is 0.210. The number of methoxy groups -OCH3 is 3. The predicted molar refractivity (Wildman–Crippen MR) is 205 cm³/mol. The molecule has 1 amide bonds. The van der Waals surface area contributed by atoms with E-state index in [9.17, 15) is 13.8 Å². The van der Waals surface area contributed by atoms with Gasteiger partial charge in [-0.15, -0.1) is 5.10 Å². The van der Waals surface area contributed by atoms with Crippen molar-refractivity contribution < 1.29 is 32.7 Å². The average Bonchev–Trinajstić information content (AvgIpc) is 3.44. The fraction of sp³-hybridized carbons (Fsp3) is 0.525. The van der Waals surface area contributed by atoms with Crippen LogP contribution in [0.4, 0.5) is 5.69 Å². The molecule has 3 heterocycles. The lowest BCUT2D eigenvalue weighted by atomic mass is 9.68. The van der Waals surface area contributed by atoms with Crippen molar-refractivity contribution in [2.24, 2.45) is 29.2 Å². The third-order valence-corrected chi connectivity index (χ3v) is 14.1. The summed E-state index contributed by atoms with van der Waals surface area (Å²) < 4.78 is 44.7. The van der Waals surface area contributed by atoms with E-state index in [4.69, 9.17) is 30.5 Å². The number of fused-ring (bicyclic) bond motifs is 4. The van der Waals surface area contributed by atoms with Crippen LogP contribution in [0.1, 0.15) is 64.4 Å². The SMILES string of the molecule is COc1nn(C)cc1C(=O)C[S@@]1(=O)=NC(=O)c2ccc3c(c2)N(C[C@@H]2CC[C@H]2[C@@H](OC)/C=C/[C@@H](OC)[C@H](C)C1)C[C@@]1(CCCc2cc(Cl)ccc21)CO3. The number of halogens is 1. The second-order valence-corrected chi connectivity index (χ2v) is 18.0. The van der Waals surface area contributed by atoms with Crippen LogP contribution in [-0.4, -0.2) is 90.4 Å². The fourth-order valence-corrected chi connectivity index (χ4v) is 11.3. The van der Waals surface area contributed by atoms with Crippen molar-refractivity contribution in [2.45, 2.75) is 56.7 Å². The van der Waals surface area contributed by atoms with E-state index in [1.54, 1.807) is 27.3 Å². The van der Waals surface area contributed by atoms with E-state index >= 15 is 0 Å². The Morgan fingerprint density at radius 1 is 1.09 bits per heavy atom. The number of carbonyl (C=O) groups is 2. The monoisotopic (exact) mass is 764 g/mol. The first-order chi connectivity index (χ1) is 25.4. The smallest absolute Gasteiger partial charge is 0.285 e. The molecule has 0 saturated heterocycles. The summed E-state index contributed by atoms with van der Waals surface area (Å²) in [5.74, 6) is -0.586. The van der Waals surface area contributed by atoms with Gasteiger partial charge in [0.1, 0.15) is 11.3 Å². The Kier molecular flexibility index (Phi) is 10.8. The molecule has 53 heavy (non-hydrogen) atoms. The summed E-state index contributed by atoms with van der Waals surface area (Å²) in [4.78, 5) is 30.3. The number of aromatic nitrogens is 2. The van der Waals surface area contributed by atoms with Gasteiger partial charge in [-0.25, -0.2) is 4.21 Å². The van der Waals surface area contributed by atoms with E-state index in [0.29, 0.717) is 24.8 Å². The van der Waals surface area contributed by atoms with E-state index in [1.807, 2.05) is 31.2 Å². The maximum Gasteiger partial charge on any atom is 0.285 e. The van der Waals surface area contributed by atoms with Crippen LogP contribution in [0.15, 0.2) is 59.1 Å². The van der Waals surface area contributed by atoms with E-state index in [1.165, 1.54) is 29.1 Å². The van der Waals surface area contributed by atoms with Crippen molar-refractivity contribution in [3.8, 4) is 11.6 Å². The Morgan fingerprint density at radius 2 is 1.89 bits per heavy atom. The van der Waals surface area contributed by atoms with Gasteiger partial charge in [-0.2, -0.15) is 4.36 Å². The molecule has 1 spiro atoms. The second kappa shape index (κ2) is 15.2. The molecule has 3 aromatic rings. The molecule has 1 fully saturated rings. The molecule has 0 N–H and O–H groups in total. The largest absolute Gasteiger partial charge is 0.490 e. The molecule has 11 nitrogen and oxygen atoms in total. The van der Waals surface area contributed by atoms with Crippen LogP contribution in [0, 0.1) is 17.8 Å². The molecular formula is C40H49ClN4O7S. The number of aryl methyl sites for hydroxylation is 2. The fourth-order valence-electron chi connectivity index (χ4n) is 8.83. The highest BCUT2D eigenvalue weighted by atomic mass is 35.5. The normalized spacial score (nSPS) is 30.6. The number of benzene rings is 2. The molecule has 0 radical (unpaired) electrons. The molecule has 284 valence electrons. The molecule has 2 aliphatic carbocycles. The number of hydrogen-bond acceptors (Lipinski definition) is 9. The molecule has 2 aromatic carbocycles. The summed E-state index contributed by atoms with van der Waals surface area (Å²) in [6, 6.07) is 11.5. The molecule has 2 bridgehead atoms. The Hall–Kier alpha value is -3.71. The lowest BCUT2D eigenvalue weighted by Crippen LogP contribution is -2.49. The van der Waals surface area contributed by atoms with E-state index in [-0.39, 0.29) is 46.1 Å². The van der Waals surface area contributed by atoms with Gasteiger partial charge in [0, 0.05) is 62.3 Å². The number of anilines is 1. The first-order valence-electron chi connectivity index (χ1n) is 18.4. The molecule has 1 aromatic heterocycles. The van der Waals surface area contributed by atoms with Crippen molar-refractivity contribution in [1.82, 2.24) is 9.78 Å². The highest BCUT2D eigenvalue weighted by Gasteiger charge is 2.44. The maximum atomic E-state index is 14.9. The van der Waals surface area contributed by atoms with Crippen molar-refractivity contribution in [1.29, 1.82) is 0 Å². The lowest BCUT2D eigenvalue weighted by molar-refractivity contribution is 0.0120. The number of carbonyl (C=O) groups excluding carboxylic acids is 2. The van der Waals surface area contributed by atoms with Crippen molar-refractivity contribution >= 4 is 38.7 Å². The molecule has 0 unspecified atom stereocenters. The highest BCUT2D eigenvalue weighted by Crippen LogP contribution is 2.47. The maximum absolute atomic E-state index is 14.9. The first kappa shape index (κ1) is 37.6. The van der Waals surface area contributed by atoms with Crippen molar-refractivity contribution in [3.05, 3.63) is 82.0 Å². The Labute approximate surface area is 317 Å². The summed E-state index contributed by atoms with van der Waals surface area (Å²) in [5.41, 5.74) is 3.50. The van der Waals surface area contributed by atoms with Crippen LogP contribution in [0.25, 0.3) is 0 Å². The summed E-state index contributed by atoms with van der Waals surface area (Å²) in [6.07, 6.45) is 9.96. The van der Waals surface area contributed by atoms with Crippen LogP contribution < -0.4 is 14.4 Å². The van der Waals surface area contributed by atoms with E-state index < -0.39 is 33.3 Å². The Morgan fingerprint density at radius 3 is 2.62 bits per heavy atom. The predicted octanol–water partition coefficient (Wildman–Crippen LogP) is 6.31. The van der Waals surface area contributed by atoms with Crippen molar-refractivity contribution in [2.75, 3.05) is 57.4 Å². The summed E-state index contributed by atoms with van der Waals surface area (Å²) >= 11 is 6.47. The number of nitrogens with zero attached hydrogens (tertiary/aromatic N) is 4. The van der Waals surface area contributed by atoms with Gasteiger partial charge in [-0.05, 0) is 91.3 Å². The minimum absolute atomic E-state index is 0.0499. The third-order valence-electron chi connectivity index (χ3n) is 11.7. The van der Waals surface area contributed by atoms with E-state index in [0.717, 1.165) is 49.4 Å². The van der Waals surface area contributed by atoms with Gasteiger partial charge in [-0.3, -0.25) is 14.3 Å². The Balaban J connectivity index is 1.33. The van der Waals surface area contributed by atoms with Crippen LogP contribution >= 0.6 is 11.6 Å². The molecule has 1 saturated carbocycles. The van der Waals surface area contributed by atoms with Gasteiger partial charge < -0.3 is 23.8 Å². The zero-order valence-electron chi connectivity index (χ0n) is 31.1. The van der Waals surface area contributed by atoms with Crippen molar-refractivity contribution in [3.63, 3.8) is 0 Å². The minimum atomic E-state index is -3.47. The molecule has 13 heteroatoms. The van der Waals surface area contributed by atoms with E-state index in [2.05, 4.69) is 32.6 Å². The van der Waals surface area contributed by atoms with Gasteiger partial charge in [0.2, 0.25) is 5.88 Å². The van der Waals surface area contributed by atoms with Crippen LogP contribution in [0.3, 0.4) is 0 Å². The molecule has 7 rings (SSSR count). The lowest BCUT2D eigenvalue weighted by Gasteiger charge is -2.46. The van der Waals surface area contributed by atoms with Gasteiger partial charge in [0.15, 0.2) is 5.78 Å². The number of hydrogen-bond donors (Lipinski definition) is 0. The summed E-state index contributed by atoms with van der Waals surface area (Å²) in [5, 5.41) is 4.92. The summed E-state index contributed by atoms with van der Waals surface area (Å²) in [6.45, 7) is 3.83. The molecule has 4 aliphatic rings. The van der Waals surface area contributed by atoms with Crippen LogP contribution in [0.5, 0.6) is 11.6 Å². The zero-order valence-corrected chi connectivity index (χ0v) is 32.7. The third kappa shape index (κ3) is 7.52. The number of amides is 1. The number of Topliss-reactive ketones (excluding diaryl/α,β-unsaturated/α-hetero) is 1. The van der Waals surface area contributed by atoms with Crippen LogP contribution in [-0.2, 0) is 38.1 Å². The zero-order chi connectivity index (χ0) is 37.5. The number of ketones is 1. The highest BCUT2D eigenvalue weighted by molar-refractivity contribution is 7.94. The average molecular weight is 765 g/mol. The van der Waals surface area contributed by atoms with Crippen LogP contribution in [0.2, 0.25) is 5.02 Å². The van der Waals surface area contributed by atoms with Gasteiger partial charge in [0.25, 0.3) is 5.91 Å². The molecule has 7 atom stereocenters. The second-order valence-electron chi connectivity index (χ2n) is 15.2. The van der Waals surface area contributed by atoms with Gasteiger partial charge >= 0.3 is 0 Å². The number of rotatable bonds is 6. The van der Waals surface area contributed by atoms with Gasteiger partial charge in [0.05, 0.1) is 47.1 Å². The molecular weight excluding hydrogens is 716 g/mol. The van der Waals surface area contributed by atoms with Gasteiger partial charge in [-0.1, -0.05) is 36.7 Å². The molecule has 2 aliphatic heterocycles. The summed E-state index contributed by atoms with van der Waals surface area (Å²) in [7, 11) is 2.97. The standard InChI is InChI=1S/C40H49ClN4O7S/c1-25-21-53(48,22-34(46)31-20-44(2)42-39(31)51-5)43-38(47)27-9-13-37-33(18-27)45(19-28-8-11-30(28)36(50-4)15-14-35(25)49-3)23-40(24-52-37)16-6-7-26-17-29(41)10-12-32(26)40/h9-10,12-15,17-18,20,25,28,30,35-36H,6-8,11,16,19,21-24H2,1-5H3/b15-14+/t25-,28+,30-,35-,36+,40+,53-/m1/s1. The number of ether oxygens (including phenoxy) is 4. The first-order valence-corrected chi connectivity index (χ1v) is 20.6. The topological polar surface area (TPSA) is 122 Å². The minimum Gasteiger partial charge on any atom is -0.490 e.